The van der Waals surface area contributed by atoms with Gasteiger partial charge in [0, 0.05) is 18.1 Å². The molecule has 1 saturated heterocycles. The van der Waals surface area contributed by atoms with Gasteiger partial charge in [-0.2, -0.15) is 0 Å². The summed E-state index contributed by atoms with van der Waals surface area (Å²) < 4.78 is 5.35. The number of halogens is 1. The maximum atomic E-state index is 12.8. The minimum Gasteiger partial charge on any atom is -0.445 e. The van der Waals surface area contributed by atoms with E-state index < -0.39 is 6.09 Å². The first-order valence-corrected chi connectivity index (χ1v) is 9.50. The summed E-state index contributed by atoms with van der Waals surface area (Å²) in [5.74, 6) is -0.452. The number of ether oxygens (including phenoxy) is 1. The molecule has 2 amide bonds. The molecule has 1 unspecified atom stereocenters. The Bertz CT molecular complexity index is 798. The lowest BCUT2D eigenvalue weighted by Crippen LogP contribution is -2.37. The van der Waals surface area contributed by atoms with Gasteiger partial charge in [0.1, 0.15) is 6.61 Å². The summed E-state index contributed by atoms with van der Waals surface area (Å²) >= 11 is 5.90. The molecular weight excluding hydrogens is 380 g/mol. The van der Waals surface area contributed by atoms with Crippen molar-refractivity contribution in [2.75, 3.05) is 20.2 Å². The summed E-state index contributed by atoms with van der Waals surface area (Å²) in [6.45, 7) is 1.35. The van der Waals surface area contributed by atoms with E-state index in [9.17, 15) is 9.59 Å². The van der Waals surface area contributed by atoms with Gasteiger partial charge in [0.15, 0.2) is 0 Å². The lowest BCUT2D eigenvalue weighted by molar-refractivity contribution is -0.183. The molecular formula is C21H23ClN2O4. The largest absolute Gasteiger partial charge is 0.445 e. The van der Waals surface area contributed by atoms with E-state index in [0.717, 1.165) is 11.1 Å². The van der Waals surface area contributed by atoms with Gasteiger partial charge in [0.2, 0.25) is 0 Å². The highest BCUT2D eigenvalue weighted by atomic mass is 35.5. The van der Waals surface area contributed by atoms with E-state index in [-0.39, 0.29) is 18.4 Å². The third-order valence-electron chi connectivity index (χ3n) is 4.71. The van der Waals surface area contributed by atoms with Crippen LogP contribution in [0.3, 0.4) is 0 Å². The molecule has 1 atom stereocenters. The fourth-order valence-electron chi connectivity index (χ4n) is 3.13. The van der Waals surface area contributed by atoms with Crippen molar-refractivity contribution >= 4 is 23.6 Å². The molecule has 1 aliphatic heterocycles. The first kappa shape index (κ1) is 20.2. The van der Waals surface area contributed by atoms with Crippen molar-refractivity contribution in [3.05, 3.63) is 70.7 Å². The average molecular weight is 403 g/mol. The third-order valence-corrected chi connectivity index (χ3v) is 4.96. The van der Waals surface area contributed by atoms with Crippen LogP contribution in [0.15, 0.2) is 54.6 Å². The lowest BCUT2D eigenvalue weighted by atomic mass is 10.1. The Kier molecular flexibility index (Phi) is 6.90. The van der Waals surface area contributed by atoms with Crippen molar-refractivity contribution in [3.63, 3.8) is 0 Å². The molecule has 1 aliphatic rings. The lowest BCUT2D eigenvalue weighted by Gasteiger charge is -2.23. The maximum absolute atomic E-state index is 12.8. The molecule has 2 aromatic carbocycles. The SMILES string of the molecule is CON(Cc1ccc(Cl)cc1)C(=O)C1CCN(C(=O)OCc2ccccc2)C1. The van der Waals surface area contributed by atoms with Crippen LogP contribution in [0.25, 0.3) is 0 Å². The highest BCUT2D eigenvalue weighted by molar-refractivity contribution is 6.30. The van der Waals surface area contributed by atoms with Gasteiger partial charge in [0.05, 0.1) is 19.6 Å². The summed E-state index contributed by atoms with van der Waals surface area (Å²) in [4.78, 5) is 31.9. The Balaban J connectivity index is 1.52. The second-order valence-corrected chi connectivity index (χ2v) is 7.09. The predicted molar refractivity (Wildman–Crippen MR) is 105 cm³/mol. The molecule has 0 aromatic heterocycles. The van der Waals surface area contributed by atoms with E-state index in [4.69, 9.17) is 21.2 Å². The van der Waals surface area contributed by atoms with Gasteiger partial charge in [-0.05, 0) is 29.7 Å². The molecule has 148 valence electrons. The van der Waals surface area contributed by atoms with E-state index in [2.05, 4.69) is 0 Å². The van der Waals surface area contributed by atoms with E-state index in [1.54, 1.807) is 17.0 Å². The van der Waals surface area contributed by atoms with Crippen LogP contribution in [-0.2, 0) is 27.5 Å². The first-order valence-electron chi connectivity index (χ1n) is 9.12. The highest BCUT2D eigenvalue weighted by Gasteiger charge is 2.34. The van der Waals surface area contributed by atoms with Crippen LogP contribution in [0.5, 0.6) is 0 Å². The molecule has 3 rings (SSSR count). The van der Waals surface area contributed by atoms with Crippen LogP contribution in [0.4, 0.5) is 4.79 Å². The number of benzene rings is 2. The minimum absolute atomic E-state index is 0.143. The second kappa shape index (κ2) is 9.57. The van der Waals surface area contributed by atoms with Gasteiger partial charge in [-0.25, -0.2) is 9.86 Å². The molecule has 0 radical (unpaired) electrons. The van der Waals surface area contributed by atoms with Crippen molar-refractivity contribution in [1.82, 2.24) is 9.96 Å². The number of amides is 2. The van der Waals surface area contributed by atoms with Crippen molar-refractivity contribution in [1.29, 1.82) is 0 Å². The Morgan fingerprint density at radius 1 is 1.11 bits per heavy atom. The molecule has 0 N–H and O–H groups in total. The van der Waals surface area contributed by atoms with Gasteiger partial charge >= 0.3 is 6.09 Å². The van der Waals surface area contributed by atoms with Crippen LogP contribution in [-0.4, -0.2) is 42.2 Å². The summed E-state index contributed by atoms with van der Waals surface area (Å²) in [5, 5.41) is 1.96. The Labute approximate surface area is 169 Å². The van der Waals surface area contributed by atoms with Crippen LogP contribution >= 0.6 is 11.6 Å². The highest BCUT2D eigenvalue weighted by Crippen LogP contribution is 2.21. The van der Waals surface area contributed by atoms with Crippen molar-refractivity contribution in [2.45, 2.75) is 19.6 Å². The maximum Gasteiger partial charge on any atom is 0.410 e. The van der Waals surface area contributed by atoms with Crippen LogP contribution in [0, 0.1) is 5.92 Å². The van der Waals surface area contributed by atoms with E-state index in [1.165, 1.54) is 12.2 Å². The number of carbonyl (C=O) groups excluding carboxylic acids is 2. The number of likely N-dealkylation sites (tertiary alicyclic amines) is 1. The minimum atomic E-state index is -0.402. The van der Waals surface area contributed by atoms with Crippen molar-refractivity contribution < 1.29 is 19.2 Å². The molecule has 0 aliphatic carbocycles. The van der Waals surface area contributed by atoms with E-state index >= 15 is 0 Å². The number of hydroxylamine groups is 2. The molecule has 0 bridgehead atoms. The molecule has 2 aromatic rings. The Hall–Kier alpha value is -2.57. The molecule has 6 nitrogen and oxygen atoms in total. The number of carbonyl (C=O) groups is 2. The second-order valence-electron chi connectivity index (χ2n) is 6.66. The monoisotopic (exact) mass is 402 g/mol. The van der Waals surface area contributed by atoms with Gasteiger partial charge in [-0.3, -0.25) is 9.63 Å². The van der Waals surface area contributed by atoms with Crippen LogP contribution in [0.2, 0.25) is 5.02 Å². The number of hydrogen-bond donors (Lipinski definition) is 0. The van der Waals surface area contributed by atoms with Crippen LogP contribution in [0.1, 0.15) is 17.5 Å². The van der Waals surface area contributed by atoms with Gasteiger partial charge < -0.3 is 9.64 Å². The Morgan fingerprint density at radius 2 is 1.82 bits per heavy atom. The van der Waals surface area contributed by atoms with E-state index in [0.29, 0.717) is 31.1 Å². The van der Waals surface area contributed by atoms with E-state index in [1.807, 2.05) is 42.5 Å². The fourth-order valence-corrected chi connectivity index (χ4v) is 3.26. The normalized spacial score (nSPS) is 16.1. The smallest absolute Gasteiger partial charge is 0.410 e. The predicted octanol–water partition coefficient (Wildman–Crippen LogP) is 3.89. The fraction of sp³-hybridized carbons (Fsp3) is 0.333. The average Bonchev–Trinajstić information content (AvgIpc) is 3.22. The summed E-state index contributed by atoms with van der Waals surface area (Å²) in [7, 11) is 1.47. The van der Waals surface area contributed by atoms with Gasteiger partial charge in [-0.1, -0.05) is 54.1 Å². The summed E-state index contributed by atoms with van der Waals surface area (Å²) in [6, 6.07) is 16.8. The molecule has 1 heterocycles. The zero-order chi connectivity index (χ0) is 19.9. The molecule has 0 spiro atoms. The molecule has 28 heavy (non-hydrogen) atoms. The summed E-state index contributed by atoms with van der Waals surface area (Å²) in [6.07, 6.45) is 0.181. The third kappa shape index (κ3) is 5.24. The zero-order valence-electron chi connectivity index (χ0n) is 15.7. The first-order chi connectivity index (χ1) is 13.6. The molecule has 1 fully saturated rings. The zero-order valence-corrected chi connectivity index (χ0v) is 16.5. The van der Waals surface area contributed by atoms with Gasteiger partial charge in [0.25, 0.3) is 5.91 Å². The number of rotatable bonds is 6. The van der Waals surface area contributed by atoms with Crippen molar-refractivity contribution in [2.24, 2.45) is 5.92 Å². The number of hydrogen-bond acceptors (Lipinski definition) is 4. The Morgan fingerprint density at radius 3 is 2.50 bits per heavy atom. The topological polar surface area (TPSA) is 59.1 Å². The molecule has 7 heteroatoms. The van der Waals surface area contributed by atoms with Gasteiger partial charge in [-0.15, -0.1) is 0 Å². The molecule has 0 saturated carbocycles. The van der Waals surface area contributed by atoms with Crippen LogP contribution < -0.4 is 0 Å². The quantitative estimate of drug-likeness (QED) is 0.688. The number of nitrogens with zero attached hydrogens (tertiary/aromatic N) is 2. The summed E-state index contributed by atoms with van der Waals surface area (Å²) in [5.41, 5.74) is 1.84. The standard InChI is InChI=1S/C21H23ClN2O4/c1-27-24(13-16-7-9-19(22)10-8-16)20(25)18-11-12-23(14-18)21(26)28-15-17-5-3-2-4-6-17/h2-10,18H,11-15H2,1H3. The van der Waals surface area contributed by atoms with Crippen molar-refractivity contribution in [3.8, 4) is 0 Å².